The number of sulfonamides is 1. The van der Waals surface area contributed by atoms with Crippen LogP contribution in [0, 0.1) is 0 Å². The van der Waals surface area contributed by atoms with Gasteiger partial charge in [-0.25, -0.2) is 8.42 Å². The van der Waals surface area contributed by atoms with Crippen molar-refractivity contribution >= 4 is 50.3 Å². The molecule has 0 aliphatic carbocycles. The van der Waals surface area contributed by atoms with Crippen LogP contribution in [-0.4, -0.2) is 67.8 Å². The van der Waals surface area contributed by atoms with E-state index in [2.05, 4.69) is 10.3 Å². The fourth-order valence-electron chi connectivity index (χ4n) is 3.17. The third kappa shape index (κ3) is 5.30. The normalized spacial score (nSPS) is 13.4. The number of carbonyl (C=O) groups is 1. The van der Waals surface area contributed by atoms with Crippen LogP contribution in [0.25, 0.3) is 0 Å². The van der Waals surface area contributed by atoms with Crippen molar-refractivity contribution in [2.45, 2.75) is 0 Å². The number of amides is 1. The van der Waals surface area contributed by atoms with Crippen LogP contribution in [0.5, 0.6) is 23.0 Å². The lowest BCUT2D eigenvalue weighted by molar-refractivity contribution is -0.121. The van der Waals surface area contributed by atoms with Gasteiger partial charge in [0.05, 0.1) is 0 Å². The molecule has 2 aromatic rings. The van der Waals surface area contributed by atoms with Crippen molar-refractivity contribution in [1.29, 1.82) is 0 Å². The summed E-state index contributed by atoms with van der Waals surface area (Å²) in [5.41, 5.74) is 3.58. The summed E-state index contributed by atoms with van der Waals surface area (Å²) in [7, 11) is -1.14. The highest BCUT2D eigenvalue weighted by Gasteiger charge is 2.23. The number of nitrogens with one attached hydrogen (secondary N) is 2. The van der Waals surface area contributed by atoms with Crippen molar-refractivity contribution in [3.05, 3.63) is 47.5 Å². The molecule has 180 valence electrons. The van der Waals surface area contributed by atoms with Crippen LogP contribution in [0.3, 0.4) is 0 Å². The first-order valence-corrected chi connectivity index (χ1v) is 12.2. The van der Waals surface area contributed by atoms with Gasteiger partial charge in [-0.1, -0.05) is 24.4 Å². The molecule has 2 aliphatic heterocycles. The quantitative estimate of drug-likeness (QED) is 0.415. The molecule has 2 heterocycles. The first-order chi connectivity index (χ1) is 16.1. The minimum atomic E-state index is -4.07. The van der Waals surface area contributed by atoms with E-state index in [1.54, 1.807) is 36.4 Å². The Kier molecular flexibility index (Phi) is 6.74. The Morgan fingerprint density at radius 1 is 0.853 bits per heavy atom. The molecule has 0 aromatic heterocycles. The zero-order chi connectivity index (χ0) is 24.5. The van der Waals surface area contributed by atoms with Gasteiger partial charge in [0, 0.05) is 25.2 Å². The van der Waals surface area contributed by atoms with Crippen molar-refractivity contribution in [2.24, 2.45) is 0 Å². The van der Waals surface area contributed by atoms with Gasteiger partial charge < -0.3 is 18.9 Å². The average Bonchev–Trinajstić information content (AvgIpc) is 3.45. The van der Waals surface area contributed by atoms with Crippen LogP contribution in [-0.2, 0) is 14.8 Å². The van der Waals surface area contributed by atoms with Gasteiger partial charge in [-0.05, 0) is 36.4 Å². The van der Waals surface area contributed by atoms with Gasteiger partial charge >= 0.3 is 0 Å². The lowest BCUT2D eigenvalue weighted by Gasteiger charge is -2.23. The van der Waals surface area contributed by atoms with E-state index in [4.69, 9.17) is 43.4 Å². The van der Waals surface area contributed by atoms with Crippen LogP contribution >= 0.6 is 24.4 Å². The van der Waals surface area contributed by atoms with E-state index in [9.17, 15) is 13.2 Å². The summed E-state index contributed by atoms with van der Waals surface area (Å²) in [6, 6.07) is 10.1. The van der Waals surface area contributed by atoms with Crippen LogP contribution in [0.4, 0.5) is 0 Å². The summed E-state index contributed by atoms with van der Waals surface area (Å²) in [6.45, 7) is 0.227. The molecule has 0 radical (unpaired) electrons. The Labute approximate surface area is 206 Å². The molecular formula is C20H20N4O7S3. The largest absolute Gasteiger partial charge is 0.454 e. The smallest absolute Gasteiger partial charge is 0.255 e. The molecule has 0 saturated carbocycles. The summed E-state index contributed by atoms with van der Waals surface area (Å²) in [6.07, 6.45) is 0. The molecule has 14 heteroatoms. The van der Waals surface area contributed by atoms with Crippen LogP contribution in [0.2, 0.25) is 0 Å². The highest BCUT2D eigenvalue weighted by Crippen LogP contribution is 2.33. The fraction of sp³-hybridized carbons (Fsp3) is 0.250. The van der Waals surface area contributed by atoms with Gasteiger partial charge in [-0.3, -0.25) is 20.2 Å². The summed E-state index contributed by atoms with van der Waals surface area (Å²) >= 11 is 10.7. The van der Waals surface area contributed by atoms with E-state index >= 15 is 0 Å². The number of hydrogen-bond donors (Lipinski definition) is 2. The zero-order valence-electron chi connectivity index (χ0n) is 18.1. The summed E-state index contributed by atoms with van der Waals surface area (Å²) in [4.78, 5) is 15.1. The second-order valence-electron chi connectivity index (χ2n) is 7.25. The molecule has 2 N–H and O–H groups in total. The lowest BCUT2D eigenvalue weighted by atomic mass is 10.2. The number of nitrogens with zero attached hydrogens (tertiary/aromatic N) is 2. The van der Waals surface area contributed by atoms with Crippen molar-refractivity contribution in [3.63, 3.8) is 0 Å². The predicted octanol–water partition coefficient (Wildman–Crippen LogP) is 0.924. The Hall–Kier alpha value is -3.20. The highest BCUT2D eigenvalue weighted by molar-refractivity contribution is 7.90. The Morgan fingerprint density at radius 2 is 1.32 bits per heavy atom. The average molecular weight is 525 g/mol. The second kappa shape index (κ2) is 9.58. The molecule has 4 rings (SSSR count). The Bertz CT molecular complexity index is 1270. The Balaban J connectivity index is 1.32. The number of carbonyl (C=O) groups excluding carboxylic acids is 1. The number of ether oxygens (including phenoxy) is 4. The standard InChI is InChI=1S/C20H20N4O7S3/c1-23(19(32)12-3-5-14-16(7-12)30-10-28-14)21-18(25)9-34(26,27)22-24(2)20(33)13-4-6-15-17(8-13)31-11-29-15/h3-8,22H,9-11H2,1-2H3,(H,21,25). The van der Waals surface area contributed by atoms with Gasteiger partial charge in [0.25, 0.3) is 5.91 Å². The third-order valence-corrected chi connectivity index (χ3v) is 6.95. The molecule has 34 heavy (non-hydrogen) atoms. The Morgan fingerprint density at radius 3 is 1.85 bits per heavy atom. The van der Waals surface area contributed by atoms with Gasteiger partial charge in [0.2, 0.25) is 23.6 Å². The second-order valence-corrected chi connectivity index (χ2v) is 9.72. The van der Waals surface area contributed by atoms with Gasteiger partial charge in [0.15, 0.2) is 23.0 Å². The molecule has 2 aromatic carbocycles. The monoisotopic (exact) mass is 524 g/mol. The van der Waals surface area contributed by atoms with Crippen molar-refractivity contribution in [3.8, 4) is 23.0 Å². The zero-order valence-corrected chi connectivity index (χ0v) is 20.5. The van der Waals surface area contributed by atoms with Crippen LogP contribution in [0.15, 0.2) is 36.4 Å². The van der Waals surface area contributed by atoms with E-state index in [0.29, 0.717) is 34.1 Å². The number of hydrogen-bond acceptors (Lipinski definition) is 9. The molecule has 0 bridgehead atoms. The van der Waals surface area contributed by atoms with E-state index < -0.39 is 21.7 Å². The first kappa shape index (κ1) is 23.9. The minimum Gasteiger partial charge on any atom is -0.454 e. The number of fused-ring (bicyclic) bond motifs is 2. The first-order valence-electron chi connectivity index (χ1n) is 9.78. The minimum absolute atomic E-state index is 0.107. The molecule has 0 atom stereocenters. The molecule has 2 aliphatic rings. The summed E-state index contributed by atoms with van der Waals surface area (Å²) in [5.74, 6) is 0.576. The fourth-order valence-corrected chi connectivity index (χ4v) is 4.56. The molecule has 1 amide bonds. The molecule has 0 fully saturated rings. The SMILES string of the molecule is CN(NC(=O)CS(=O)(=O)NN(C)C(=S)c1ccc2c(c1)OCO2)C(=S)c1ccc2c(c1)OCO2. The number of benzene rings is 2. The number of rotatable bonds is 6. The van der Waals surface area contributed by atoms with E-state index in [0.717, 1.165) is 5.01 Å². The molecule has 0 unspecified atom stereocenters. The molecular weight excluding hydrogens is 504 g/mol. The van der Waals surface area contributed by atoms with Gasteiger partial charge in [-0.15, -0.1) is 4.83 Å². The maximum Gasteiger partial charge on any atom is 0.255 e. The lowest BCUT2D eigenvalue weighted by Crippen LogP contribution is -2.49. The van der Waals surface area contributed by atoms with Crippen molar-refractivity contribution in [2.75, 3.05) is 33.4 Å². The maximum absolute atomic E-state index is 12.5. The van der Waals surface area contributed by atoms with E-state index in [1.807, 2.05) is 0 Å². The van der Waals surface area contributed by atoms with Gasteiger partial charge in [-0.2, -0.15) is 0 Å². The van der Waals surface area contributed by atoms with Crippen molar-refractivity contribution in [1.82, 2.24) is 20.3 Å². The summed E-state index contributed by atoms with van der Waals surface area (Å²) < 4.78 is 46.2. The van der Waals surface area contributed by atoms with Crippen LogP contribution in [0.1, 0.15) is 11.1 Å². The van der Waals surface area contributed by atoms with Crippen molar-refractivity contribution < 1.29 is 32.2 Å². The molecule has 11 nitrogen and oxygen atoms in total. The summed E-state index contributed by atoms with van der Waals surface area (Å²) in [5, 5.41) is 2.39. The third-order valence-electron chi connectivity index (χ3n) is 4.74. The van der Waals surface area contributed by atoms with E-state index in [1.165, 1.54) is 19.1 Å². The van der Waals surface area contributed by atoms with Crippen LogP contribution < -0.4 is 29.2 Å². The van der Waals surface area contributed by atoms with E-state index in [-0.39, 0.29) is 23.6 Å². The van der Waals surface area contributed by atoms with Gasteiger partial charge in [0.1, 0.15) is 15.7 Å². The highest BCUT2D eigenvalue weighted by atomic mass is 32.2. The maximum atomic E-state index is 12.5. The number of hydrazine groups is 2. The topological polar surface area (TPSA) is 119 Å². The molecule has 0 spiro atoms. The number of thiocarbonyl (C=S) groups is 2. The predicted molar refractivity (Wildman–Crippen MR) is 129 cm³/mol. The molecule has 0 saturated heterocycles.